The monoisotopic (exact) mass is 478 g/mol. The zero-order valence-corrected chi connectivity index (χ0v) is 21.0. The number of carbonyl (C=O) groups is 1. The lowest BCUT2D eigenvalue weighted by Crippen LogP contribution is -2.47. The number of aryl methyl sites for hydroxylation is 2. The molecule has 3 aromatic rings. The minimum Gasteiger partial charge on any atom is -0.352 e. The van der Waals surface area contributed by atoms with E-state index in [-0.39, 0.29) is 11.9 Å². The molecule has 34 heavy (non-hydrogen) atoms. The third-order valence-corrected chi connectivity index (χ3v) is 7.45. The van der Waals surface area contributed by atoms with Gasteiger partial charge in [-0.05, 0) is 87.1 Å². The first-order chi connectivity index (χ1) is 16.5. The number of amides is 1. The summed E-state index contributed by atoms with van der Waals surface area (Å²) in [6.45, 7) is 8.71. The van der Waals surface area contributed by atoms with E-state index < -0.39 is 0 Å². The van der Waals surface area contributed by atoms with Crippen molar-refractivity contribution in [2.75, 3.05) is 19.6 Å². The van der Waals surface area contributed by atoms with Gasteiger partial charge in [-0.25, -0.2) is 9.97 Å². The molecule has 0 radical (unpaired) electrons. The van der Waals surface area contributed by atoms with Crippen LogP contribution in [0.25, 0.3) is 0 Å². The Morgan fingerprint density at radius 3 is 2.59 bits per heavy atom. The summed E-state index contributed by atoms with van der Waals surface area (Å²) in [6, 6.07) is 7.42. The Bertz CT molecular complexity index is 1030. The Kier molecular flexibility index (Phi) is 8.37. The molecule has 1 fully saturated rings. The van der Waals surface area contributed by atoms with E-state index in [2.05, 4.69) is 60.3 Å². The highest BCUT2D eigenvalue weighted by atomic mass is 32.1. The van der Waals surface area contributed by atoms with Crippen LogP contribution in [0.5, 0.6) is 0 Å². The molecule has 1 aliphatic rings. The lowest BCUT2D eigenvalue weighted by Gasteiger charge is -2.38. The van der Waals surface area contributed by atoms with E-state index in [1.54, 1.807) is 11.3 Å². The van der Waals surface area contributed by atoms with E-state index in [9.17, 15) is 4.79 Å². The maximum atomic E-state index is 12.6. The summed E-state index contributed by atoms with van der Waals surface area (Å²) >= 11 is 1.73. The van der Waals surface area contributed by atoms with Crippen LogP contribution in [0.4, 0.5) is 0 Å². The van der Waals surface area contributed by atoms with Crippen LogP contribution in [0.2, 0.25) is 0 Å². The number of rotatable bonds is 9. The molecule has 4 rings (SSSR count). The maximum absolute atomic E-state index is 12.6. The van der Waals surface area contributed by atoms with Crippen LogP contribution in [0.3, 0.4) is 0 Å². The van der Waals surface area contributed by atoms with Crippen LogP contribution < -0.4 is 10.6 Å². The topological polar surface area (TPSA) is 83.0 Å². The van der Waals surface area contributed by atoms with Gasteiger partial charge in [0, 0.05) is 31.0 Å². The third kappa shape index (κ3) is 6.05. The van der Waals surface area contributed by atoms with Crippen molar-refractivity contribution in [1.82, 2.24) is 30.5 Å². The fourth-order valence-corrected chi connectivity index (χ4v) is 5.39. The lowest BCUT2D eigenvalue weighted by molar-refractivity contribution is 0.0942. The molecule has 1 amide bonds. The normalized spacial score (nSPS) is 16.8. The van der Waals surface area contributed by atoms with Gasteiger partial charge in [-0.2, -0.15) is 11.3 Å². The number of hydrogen-bond acceptors (Lipinski definition) is 7. The summed E-state index contributed by atoms with van der Waals surface area (Å²) in [7, 11) is 0. The lowest BCUT2D eigenvalue weighted by atomic mass is 9.97. The van der Waals surface area contributed by atoms with E-state index >= 15 is 0 Å². The van der Waals surface area contributed by atoms with Crippen molar-refractivity contribution in [3.8, 4) is 0 Å². The molecular formula is C26H34N6OS. The minimum absolute atomic E-state index is 0.0828. The first-order valence-electron chi connectivity index (χ1n) is 12.0. The summed E-state index contributed by atoms with van der Waals surface area (Å²) in [5, 5.41) is 11.3. The highest BCUT2D eigenvalue weighted by molar-refractivity contribution is 7.08. The molecule has 7 nitrogen and oxygen atoms in total. The first kappa shape index (κ1) is 24.4. The Hall–Kier alpha value is -2.68. The van der Waals surface area contributed by atoms with Gasteiger partial charge in [0.05, 0.1) is 23.0 Å². The summed E-state index contributed by atoms with van der Waals surface area (Å²) in [5.41, 5.74) is 4.55. The largest absolute Gasteiger partial charge is 0.352 e. The molecule has 0 saturated carbocycles. The Morgan fingerprint density at radius 2 is 1.94 bits per heavy atom. The van der Waals surface area contributed by atoms with Gasteiger partial charge in [-0.3, -0.25) is 9.78 Å². The van der Waals surface area contributed by atoms with Gasteiger partial charge in [-0.1, -0.05) is 6.07 Å². The second-order valence-corrected chi connectivity index (χ2v) is 9.85. The summed E-state index contributed by atoms with van der Waals surface area (Å²) in [4.78, 5) is 27.8. The van der Waals surface area contributed by atoms with Crippen molar-refractivity contribution < 1.29 is 4.79 Å². The van der Waals surface area contributed by atoms with Crippen LogP contribution >= 0.6 is 11.3 Å². The number of carbonyl (C=O) groups excluding carboxylic acids is 1. The average molecular weight is 479 g/mol. The molecule has 1 saturated heterocycles. The van der Waals surface area contributed by atoms with Crippen molar-refractivity contribution in [2.45, 2.75) is 58.2 Å². The Balaban J connectivity index is 1.25. The third-order valence-electron chi connectivity index (χ3n) is 6.75. The van der Waals surface area contributed by atoms with E-state index in [1.165, 1.54) is 17.5 Å². The molecule has 8 heteroatoms. The molecule has 180 valence electrons. The highest BCUT2D eigenvalue weighted by Crippen LogP contribution is 2.26. The van der Waals surface area contributed by atoms with Crippen molar-refractivity contribution in [3.63, 3.8) is 0 Å². The van der Waals surface area contributed by atoms with E-state index in [0.717, 1.165) is 43.7 Å². The SMILES string of the molecule is Cc1ncnc(C)c1C(=O)NCCC(C)N1CCC(NC(c2cccnc2)c2ccsc2)CC1. The molecule has 0 aliphatic carbocycles. The van der Waals surface area contributed by atoms with Crippen LogP contribution in [0.1, 0.15) is 65.1 Å². The molecule has 4 heterocycles. The Labute approximate surface area is 206 Å². The molecule has 2 atom stereocenters. The second-order valence-electron chi connectivity index (χ2n) is 9.07. The van der Waals surface area contributed by atoms with Gasteiger partial charge < -0.3 is 15.5 Å². The van der Waals surface area contributed by atoms with E-state index in [4.69, 9.17) is 0 Å². The van der Waals surface area contributed by atoms with Crippen molar-refractivity contribution in [3.05, 3.63) is 75.8 Å². The van der Waals surface area contributed by atoms with Crippen LogP contribution in [0.15, 0.2) is 47.7 Å². The fraction of sp³-hybridized carbons (Fsp3) is 0.462. The quantitative estimate of drug-likeness (QED) is 0.485. The molecule has 2 unspecified atom stereocenters. The van der Waals surface area contributed by atoms with Crippen LogP contribution in [-0.4, -0.2) is 57.5 Å². The summed E-state index contributed by atoms with van der Waals surface area (Å²) < 4.78 is 0. The maximum Gasteiger partial charge on any atom is 0.254 e. The molecule has 0 bridgehead atoms. The zero-order valence-electron chi connectivity index (χ0n) is 20.2. The van der Waals surface area contributed by atoms with Gasteiger partial charge in [0.1, 0.15) is 6.33 Å². The van der Waals surface area contributed by atoms with Crippen molar-refractivity contribution >= 4 is 17.2 Å². The zero-order chi connectivity index (χ0) is 23.9. The van der Waals surface area contributed by atoms with Crippen molar-refractivity contribution in [1.29, 1.82) is 0 Å². The van der Waals surface area contributed by atoms with Crippen LogP contribution in [0, 0.1) is 13.8 Å². The molecule has 3 aromatic heterocycles. The number of pyridine rings is 1. The average Bonchev–Trinajstić information content (AvgIpc) is 3.38. The van der Waals surface area contributed by atoms with E-state index in [1.807, 2.05) is 32.3 Å². The first-order valence-corrected chi connectivity index (χ1v) is 13.0. The minimum atomic E-state index is -0.0828. The predicted octanol–water partition coefficient (Wildman–Crippen LogP) is 3.90. The number of likely N-dealkylation sites (tertiary alicyclic amines) is 1. The molecule has 0 spiro atoms. The predicted molar refractivity (Wildman–Crippen MR) is 136 cm³/mol. The Morgan fingerprint density at radius 1 is 1.18 bits per heavy atom. The summed E-state index contributed by atoms with van der Waals surface area (Å²) in [5.74, 6) is -0.0828. The standard InChI is InChI=1S/C26H34N6OS/c1-18(6-11-28-26(33)24-19(2)29-17-30-20(24)3)32-12-7-23(8-13-32)31-25(22-9-14-34-16-22)21-5-4-10-27-15-21/h4-5,9-10,14-18,23,25,31H,6-8,11-13H2,1-3H3,(H,28,33). The smallest absolute Gasteiger partial charge is 0.254 e. The number of thiophene rings is 1. The van der Waals surface area contributed by atoms with Gasteiger partial charge in [0.2, 0.25) is 0 Å². The fourth-order valence-electron chi connectivity index (χ4n) is 4.70. The van der Waals surface area contributed by atoms with Crippen LogP contribution in [-0.2, 0) is 0 Å². The highest BCUT2D eigenvalue weighted by Gasteiger charge is 2.26. The number of piperidine rings is 1. The summed E-state index contributed by atoms with van der Waals surface area (Å²) in [6.07, 6.45) is 8.43. The number of nitrogens with zero attached hydrogens (tertiary/aromatic N) is 4. The van der Waals surface area contributed by atoms with Gasteiger partial charge in [0.25, 0.3) is 5.91 Å². The van der Waals surface area contributed by atoms with Crippen molar-refractivity contribution in [2.24, 2.45) is 0 Å². The number of aromatic nitrogens is 3. The van der Waals surface area contributed by atoms with E-state index in [0.29, 0.717) is 24.2 Å². The number of nitrogens with one attached hydrogen (secondary N) is 2. The van der Waals surface area contributed by atoms with Gasteiger partial charge in [-0.15, -0.1) is 0 Å². The second kappa shape index (κ2) is 11.6. The molecular weight excluding hydrogens is 444 g/mol. The molecule has 0 aromatic carbocycles. The van der Waals surface area contributed by atoms with Gasteiger partial charge in [0.15, 0.2) is 0 Å². The molecule has 2 N–H and O–H groups in total. The number of hydrogen-bond donors (Lipinski definition) is 2. The molecule has 1 aliphatic heterocycles. The van der Waals surface area contributed by atoms with Gasteiger partial charge >= 0.3 is 0 Å².